The molecule has 0 radical (unpaired) electrons. The van der Waals surface area contributed by atoms with Gasteiger partial charge >= 0.3 is 6.18 Å². The highest BCUT2D eigenvalue weighted by atomic mass is 19.4. The van der Waals surface area contributed by atoms with Crippen molar-refractivity contribution in [3.63, 3.8) is 0 Å². The fraction of sp³-hybridized carbons (Fsp3) is 0.0625. The zero-order valence-corrected chi connectivity index (χ0v) is 12.6. The summed E-state index contributed by atoms with van der Waals surface area (Å²) in [6.45, 7) is 0. The van der Waals surface area contributed by atoms with Crippen LogP contribution < -0.4 is 10.8 Å². The Bertz CT molecular complexity index is 1050. The molecule has 0 aliphatic carbocycles. The molecule has 0 amide bonds. The summed E-state index contributed by atoms with van der Waals surface area (Å²) in [5.41, 5.74) is 2.99. The van der Waals surface area contributed by atoms with Gasteiger partial charge in [0.2, 0.25) is 5.95 Å². The Morgan fingerprint density at radius 2 is 1.83 bits per heavy atom. The zero-order chi connectivity index (χ0) is 16.9. The molecule has 0 saturated carbocycles. The second-order valence-electron chi connectivity index (χ2n) is 5.69. The quantitative estimate of drug-likeness (QED) is 0.495. The van der Waals surface area contributed by atoms with Crippen LogP contribution >= 0.6 is 0 Å². The average Bonchev–Trinajstić information content (AvgIpc) is 3.09. The molecule has 120 valence electrons. The normalized spacial score (nSPS) is 12.1. The lowest BCUT2D eigenvalue weighted by Gasteiger charge is -2.04. The molecule has 2 heterocycles. The number of halogens is 3. The molecule has 24 heavy (non-hydrogen) atoms. The number of hydrogen-bond donors (Lipinski definition) is 3. The van der Waals surface area contributed by atoms with Crippen molar-refractivity contribution in [1.29, 1.82) is 0 Å². The molecule has 4 rings (SSSR count). The highest BCUT2D eigenvalue weighted by Crippen LogP contribution is 2.32. The molecule has 0 aliphatic rings. The first-order chi connectivity index (χ1) is 11.4. The lowest BCUT2D eigenvalue weighted by Crippen LogP contribution is -2.04. The van der Waals surface area contributed by atoms with Gasteiger partial charge in [0.25, 0.3) is 0 Å². The van der Waals surface area contributed by atoms with E-state index in [4.69, 9.17) is 0 Å². The number of benzene rings is 2. The number of anilines is 2. The second-order valence-corrected chi connectivity index (χ2v) is 5.69. The van der Waals surface area contributed by atoms with Gasteiger partial charge in [-0.2, -0.15) is 13.2 Å². The monoisotopic (exact) mass is 328 g/mol. The summed E-state index contributed by atoms with van der Waals surface area (Å²) >= 11 is 0. The Kier molecular flexibility index (Phi) is 3.09. The third-order valence-corrected chi connectivity index (χ3v) is 3.90. The first-order valence-corrected chi connectivity index (χ1v) is 7.32. The van der Waals surface area contributed by atoms with Crippen LogP contribution in [0.3, 0.4) is 0 Å². The van der Waals surface area contributed by atoms with Gasteiger partial charge in [-0.25, -0.2) is 4.98 Å². The van der Waals surface area contributed by atoms with E-state index in [1.165, 1.54) is 6.07 Å². The van der Waals surface area contributed by atoms with Crippen LogP contribution in [-0.2, 0) is 6.18 Å². The number of nitrogens with zero attached hydrogens (tertiary/aromatic N) is 1. The van der Waals surface area contributed by atoms with Gasteiger partial charge in [-0.3, -0.25) is 0 Å². The van der Waals surface area contributed by atoms with E-state index in [0.717, 1.165) is 34.2 Å². The number of hydrogen-bond acceptors (Lipinski definition) is 2. The van der Waals surface area contributed by atoms with Crippen LogP contribution in [0.2, 0.25) is 0 Å². The summed E-state index contributed by atoms with van der Waals surface area (Å²) in [5.74, 6) is 0.395. The van der Waals surface area contributed by atoms with Gasteiger partial charge < -0.3 is 15.3 Å². The van der Waals surface area contributed by atoms with E-state index in [0.29, 0.717) is 11.5 Å². The Morgan fingerprint density at radius 1 is 1.04 bits per heavy atom. The maximum absolute atomic E-state index is 12.8. The Hall–Kier alpha value is -2.90. The van der Waals surface area contributed by atoms with Crippen LogP contribution in [-0.4, -0.2) is 22.8 Å². The van der Waals surface area contributed by atoms with Gasteiger partial charge in [0.1, 0.15) is 7.85 Å². The number of nitrogens with one attached hydrogen (secondary N) is 3. The van der Waals surface area contributed by atoms with Crippen molar-refractivity contribution in [3.05, 3.63) is 48.2 Å². The zero-order valence-electron chi connectivity index (χ0n) is 12.6. The molecule has 0 saturated heterocycles. The van der Waals surface area contributed by atoms with Crippen molar-refractivity contribution in [2.45, 2.75) is 6.18 Å². The minimum atomic E-state index is -4.38. The molecule has 4 aromatic rings. The molecule has 0 aliphatic heterocycles. The molecule has 3 N–H and O–H groups in total. The maximum Gasteiger partial charge on any atom is 0.416 e. The molecular weight excluding hydrogens is 316 g/mol. The fourth-order valence-corrected chi connectivity index (χ4v) is 2.71. The maximum atomic E-state index is 12.8. The number of alkyl halides is 3. The molecule has 2 aromatic heterocycles. The highest BCUT2D eigenvalue weighted by molar-refractivity contribution is 6.33. The predicted octanol–water partition coefficient (Wildman–Crippen LogP) is 3.07. The van der Waals surface area contributed by atoms with Crippen molar-refractivity contribution in [2.24, 2.45) is 0 Å². The van der Waals surface area contributed by atoms with Crippen LogP contribution in [0.4, 0.5) is 24.8 Å². The van der Waals surface area contributed by atoms with Gasteiger partial charge in [0.05, 0.1) is 22.3 Å². The molecule has 0 unspecified atom stereocenters. The van der Waals surface area contributed by atoms with Gasteiger partial charge in [0.15, 0.2) is 0 Å². The summed E-state index contributed by atoms with van der Waals surface area (Å²) in [6.07, 6.45) is -2.58. The predicted molar refractivity (Wildman–Crippen MR) is 90.9 cm³/mol. The van der Waals surface area contributed by atoms with E-state index >= 15 is 0 Å². The summed E-state index contributed by atoms with van der Waals surface area (Å²) in [4.78, 5) is 10.3. The van der Waals surface area contributed by atoms with E-state index in [1.807, 2.05) is 26.0 Å². The second kappa shape index (κ2) is 5.05. The van der Waals surface area contributed by atoms with Crippen LogP contribution in [0.25, 0.3) is 21.9 Å². The van der Waals surface area contributed by atoms with Crippen LogP contribution in [0.5, 0.6) is 0 Å². The summed E-state index contributed by atoms with van der Waals surface area (Å²) in [7, 11) is 2.00. The first kappa shape index (κ1) is 14.7. The van der Waals surface area contributed by atoms with E-state index in [-0.39, 0.29) is 5.52 Å². The number of imidazole rings is 1. The van der Waals surface area contributed by atoms with E-state index in [9.17, 15) is 13.2 Å². The van der Waals surface area contributed by atoms with E-state index < -0.39 is 11.7 Å². The van der Waals surface area contributed by atoms with Crippen LogP contribution in [0.1, 0.15) is 5.56 Å². The third-order valence-electron chi connectivity index (χ3n) is 3.90. The van der Waals surface area contributed by atoms with Gasteiger partial charge in [-0.15, -0.1) is 0 Å². The van der Waals surface area contributed by atoms with Crippen molar-refractivity contribution >= 4 is 46.9 Å². The van der Waals surface area contributed by atoms with Crippen molar-refractivity contribution in [1.82, 2.24) is 15.0 Å². The summed E-state index contributed by atoms with van der Waals surface area (Å²) in [5, 5.41) is 4.11. The van der Waals surface area contributed by atoms with Crippen LogP contribution in [0, 0.1) is 0 Å². The number of fused-ring (bicyclic) bond motifs is 2. The molecule has 0 spiro atoms. The summed E-state index contributed by atoms with van der Waals surface area (Å²) < 4.78 is 38.3. The standard InChI is InChI=1S/C16H12BF3N4/c17-9-2-4-11-10(6-9)14(7-21-11)24-15-22-12-3-1-8(16(18,19)20)5-13(12)23-15/h1-7,21H,17H2,(H2,22,23,24). The van der Waals surface area contributed by atoms with Crippen molar-refractivity contribution < 1.29 is 13.2 Å². The third kappa shape index (κ3) is 2.49. The lowest BCUT2D eigenvalue weighted by molar-refractivity contribution is -0.137. The molecule has 0 fully saturated rings. The van der Waals surface area contributed by atoms with E-state index in [1.54, 1.807) is 6.20 Å². The number of rotatable bonds is 2. The largest absolute Gasteiger partial charge is 0.416 e. The number of aromatic amines is 2. The Labute approximate surface area is 135 Å². The number of aromatic nitrogens is 3. The molecule has 8 heteroatoms. The van der Waals surface area contributed by atoms with Gasteiger partial charge in [-0.05, 0) is 24.3 Å². The van der Waals surface area contributed by atoms with Gasteiger partial charge in [-0.1, -0.05) is 17.6 Å². The average molecular weight is 328 g/mol. The molecule has 4 nitrogen and oxygen atoms in total. The molecule has 0 bridgehead atoms. The topological polar surface area (TPSA) is 56.5 Å². The Morgan fingerprint density at radius 3 is 2.62 bits per heavy atom. The molecular formula is C16H12BF3N4. The first-order valence-electron chi connectivity index (χ1n) is 7.32. The molecule has 0 atom stereocenters. The minimum Gasteiger partial charge on any atom is -0.359 e. The van der Waals surface area contributed by atoms with Crippen molar-refractivity contribution in [3.8, 4) is 0 Å². The van der Waals surface area contributed by atoms with Gasteiger partial charge in [0, 0.05) is 17.1 Å². The smallest absolute Gasteiger partial charge is 0.359 e. The van der Waals surface area contributed by atoms with E-state index in [2.05, 4.69) is 20.3 Å². The van der Waals surface area contributed by atoms with Crippen molar-refractivity contribution in [2.75, 3.05) is 5.32 Å². The minimum absolute atomic E-state index is 0.267. The number of H-pyrrole nitrogens is 2. The Balaban J connectivity index is 1.72. The fourth-order valence-electron chi connectivity index (χ4n) is 2.71. The summed E-state index contributed by atoms with van der Waals surface area (Å²) in [6, 6.07) is 9.47. The highest BCUT2D eigenvalue weighted by Gasteiger charge is 2.30. The van der Waals surface area contributed by atoms with Crippen LogP contribution in [0.15, 0.2) is 42.6 Å². The molecule has 2 aromatic carbocycles. The SMILES string of the molecule is Bc1ccc2[nH]cc(Nc3nc4cc(C(F)(F)F)ccc4[nH]3)c2c1. The lowest BCUT2D eigenvalue weighted by atomic mass is 9.95.